The number of nitro groups is 1. The van der Waals surface area contributed by atoms with Crippen LogP contribution in [0.15, 0.2) is 12.3 Å². The van der Waals surface area contributed by atoms with E-state index in [2.05, 4.69) is 4.98 Å². The molecule has 2 heterocycles. The number of hydrogen-bond donors (Lipinski definition) is 0. The number of amides is 1. The Balaban J connectivity index is 2.26. The molecule has 23 heavy (non-hydrogen) atoms. The molecular weight excluding hydrogens is 298 g/mol. The summed E-state index contributed by atoms with van der Waals surface area (Å²) in [6.45, 7) is 5.85. The van der Waals surface area contributed by atoms with E-state index in [1.54, 1.807) is 9.80 Å². The van der Waals surface area contributed by atoms with E-state index in [9.17, 15) is 14.9 Å². The third kappa shape index (κ3) is 3.56. The van der Waals surface area contributed by atoms with E-state index < -0.39 is 4.92 Å². The molecule has 0 aromatic carbocycles. The van der Waals surface area contributed by atoms with E-state index in [4.69, 9.17) is 5.26 Å². The first-order valence-electron chi connectivity index (χ1n) is 7.53. The van der Waals surface area contributed by atoms with E-state index in [-0.39, 0.29) is 28.9 Å². The second-order valence-electron chi connectivity index (χ2n) is 5.72. The van der Waals surface area contributed by atoms with Crippen molar-refractivity contribution in [3.8, 4) is 6.07 Å². The second-order valence-corrected chi connectivity index (χ2v) is 5.72. The topological polar surface area (TPSA) is 103 Å². The number of pyridine rings is 1. The van der Waals surface area contributed by atoms with Gasteiger partial charge >= 0.3 is 5.69 Å². The molecule has 8 heteroatoms. The fraction of sp³-hybridized carbons (Fsp3) is 0.533. The van der Waals surface area contributed by atoms with Crippen LogP contribution in [0.2, 0.25) is 0 Å². The minimum atomic E-state index is -0.567. The maximum Gasteiger partial charge on any atom is 0.329 e. The maximum absolute atomic E-state index is 12.1. The van der Waals surface area contributed by atoms with Gasteiger partial charge in [-0.05, 0) is 12.5 Å². The van der Waals surface area contributed by atoms with Crippen LogP contribution in [0, 0.1) is 27.4 Å². The van der Waals surface area contributed by atoms with Crippen molar-refractivity contribution in [3.05, 3.63) is 27.9 Å². The summed E-state index contributed by atoms with van der Waals surface area (Å²) in [5.74, 6) is 0.212. The quantitative estimate of drug-likeness (QED) is 0.619. The highest BCUT2D eigenvalue weighted by Gasteiger charge is 2.28. The predicted octanol–water partition coefficient (Wildman–Crippen LogP) is 1.56. The van der Waals surface area contributed by atoms with E-state index in [1.807, 2.05) is 19.9 Å². The summed E-state index contributed by atoms with van der Waals surface area (Å²) < 4.78 is 0. The van der Waals surface area contributed by atoms with Gasteiger partial charge < -0.3 is 9.80 Å². The average molecular weight is 317 g/mol. The van der Waals surface area contributed by atoms with Gasteiger partial charge in [0.1, 0.15) is 11.6 Å². The third-order valence-electron chi connectivity index (χ3n) is 3.81. The molecule has 1 aromatic heterocycles. The summed E-state index contributed by atoms with van der Waals surface area (Å²) in [5, 5.41) is 20.4. The predicted molar refractivity (Wildman–Crippen MR) is 83.9 cm³/mol. The second kappa shape index (κ2) is 7.05. The molecule has 0 aliphatic carbocycles. The number of aromatic nitrogens is 1. The average Bonchev–Trinajstić information content (AvgIpc) is 2.78. The number of hydrogen-bond acceptors (Lipinski definition) is 6. The highest BCUT2D eigenvalue weighted by Crippen LogP contribution is 2.29. The van der Waals surface area contributed by atoms with Crippen LogP contribution in [0.1, 0.15) is 25.8 Å². The molecule has 1 fully saturated rings. The Morgan fingerprint density at radius 1 is 1.39 bits per heavy atom. The Hall–Kier alpha value is -2.69. The van der Waals surface area contributed by atoms with Crippen molar-refractivity contribution < 1.29 is 9.72 Å². The molecule has 1 aromatic rings. The number of nitriles is 1. The summed E-state index contributed by atoms with van der Waals surface area (Å²) in [6, 6.07) is 3.18. The van der Waals surface area contributed by atoms with Gasteiger partial charge in [0.25, 0.3) is 0 Å². The lowest BCUT2D eigenvalue weighted by molar-refractivity contribution is -0.384. The van der Waals surface area contributed by atoms with Crippen molar-refractivity contribution in [2.75, 3.05) is 31.1 Å². The van der Waals surface area contributed by atoms with E-state index in [0.717, 1.165) is 0 Å². The van der Waals surface area contributed by atoms with Crippen LogP contribution in [0.5, 0.6) is 0 Å². The van der Waals surface area contributed by atoms with E-state index in [0.29, 0.717) is 32.6 Å². The first kappa shape index (κ1) is 16.7. The van der Waals surface area contributed by atoms with Crippen molar-refractivity contribution in [2.45, 2.75) is 20.3 Å². The van der Waals surface area contributed by atoms with Gasteiger partial charge in [-0.25, -0.2) is 4.98 Å². The standard InChI is InChI=1S/C15H19N5O3/c1-11(2)15(21)19-7-3-6-18(8-9-19)14-13(20(22)23)12(10-16)4-5-17-14/h4-5,11H,3,6-9H2,1-2H3. The molecule has 1 aliphatic rings. The van der Waals surface area contributed by atoms with Gasteiger partial charge in [0.15, 0.2) is 0 Å². The van der Waals surface area contributed by atoms with E-state index in [1.165, 1.54) is 12.3 Å². The van der Waals surface area contributed by atoms with Crippen LogP contribution in [-0.4, -0.2) is 46.9 Å². The summed E-state index contributed by atoms with van der Waals surface area (Å²) in [4.78, 5) is 30.5. The van der Waals surface area contributed by atoms with Gasteiger partial charge in [-0.3, -0.25) is 14.9 Å². The third-order valence-corrected chi connectivity index (χ3v) is 3.81. The minimum Gasteiger partial charge on any atom is -0.349 e. The van der Waals surface area contributed by atoms with Crippen LogP contribution in [-0.2, 0) is 4.79 Å². The lowest BCUT2D eigenvalue weighted by Crippen LogP contribution is -2.37. The highest BCUT2D eigenvalue weighted by atomic mass is 16.6. The number of carbonyl (C=O) groups excluding carboxylic acids is 1. The van der Waals surface area contributed by atoms with Gasteiger partial charge in [-0.15, -0.1) is 0 Å². The Morgan fingerprint density at radius 3 is 2.74 bits per heavy atom. The van der Waals surface area contributed by atoms with Gasteiger partial charge in [-0.1, -0.05) is 13.8 Å². The molecule has 0 bridgehead atoms. The monoisotopic (exact) mass is 317 g/mol. The van der Waals surface area contributed by atoms with Crippen LogP contribution < -0.4 is 4.90 Å². The fourth-order valence-corrected chi connectivity index (χ4v) is 2.66. The Bertz CT molecular complexity index is 653. The highest BCUT2D eigenvalue weighted by molar-refractivity contribution is 5.78. The zero-order chi connectivity index (χ0) is 17.0. The van der Waals surface area contributed by atoms with Crippen molar-refractivity contribution in [3.63, 3.8) is 0 Å². The Kier molecular flexibility index (Phi) is 5.11. The van der Waals surface area contributed by atoms with Gasteiger partial charge in [-0.2, -0.15) is 5.26 Å². The van der Waals surface area contributed by atoms with E-state index >= 15 is 0 Å². The van der Waals surface area contributed by atoms with Crippen LogP contribution in [0.4, 0.5) is 11.5 Å². The SMILES string of the molecule is CC(C)C(=O)N1CCCN(c2nccc(C#N)c2[N+](=O)[O-])CC1. The molecule has 0 saturated carbocycles. The van der Waals surface area contributed by atoms with Crippen molar-refractivity contribution in [2.24, 2.45) is 5.92 Å². The van der Waals surface area contributed by atoms with Crippen LogP contribution in [0.25, 0.3) is 0 Å². The Labute approximate surface area is 134 Å². The summed E-state index contributed by atoms with van der Waals surface area (Å²) in [5.41, 5.74) is -0.266. The lowest BCUT2D eigenvalue weighted by Gasteiger charge is -2.23. The van der Waals surface area contributed by atoms with Gasteiger partial charge in [0, 0.05) is 38.3 Å². The van der Waals surface area contributed by atoms with Gasteiger partial charge in [0.05, 0.1) is 4.92 Å². The van der Waals surface area contributed by atoms with Crippen LogP contribution >= 0.6 is 0 Å². The number of rotatable bonds is 3. The Morgan fingerprint density at radius 2 is 2.13 bits per heavy atom. The molecule has 8 nitrogen and oxygen atoms in total. The zero-order valence-electron chi connectivity index (χ0n) is 13.2. The number of nitrogens with zero attached hydrogens (tertiary/aromatic N) is 5. The first-order valence-corrected chi connectivity index (χ1v) is 7.53. The molecule has 2 rings (SSSR count). The molecule has 1 amide bonds. The fourth-order valence-electron chi connectivity index (χ4n) is 2.66. The number of anilines is 1. The van der Waals surface area contributed by atoms with Crippen molar-refractivity contribution in [1.82, 2.24) is 9.88 Å². The lowest BCUT2D eigenvalue weighted by atomic mass is 10.2. The normalized spacial score (nSPS) is 15.2. The molecule has 1 saturated heterocycles. The first-order chi connectivity index (χ1) is 11.0. The minimum absolute atomic E-state index is 0.000593. The summed E-state index contributed by atoms with van der Waals surface area (Å²) in [6.07, 6.45) is 2.11. The van der Waals surface area contributed by atoms with Crippen molar-refractivity contribution >= 4 is 17.4 Å². The number of carbonyl (C=O) groups is 1. The molecule has 0 unspecified atom stereocenters. The summed E-state index contributed by atoms with van der Waals surface area (Å²) >= 11 is 0. The van der Waals surface area contributed by atoms with Crippen LogP contribution in [0.3, 0.4) is 0 Å². The maximum atomic E-state index is 12.1. The molecule has 0 spiro atoms. The molecule has 0 atom stereocenters. The summed E-state index contributed by atoms with van der Waals surface area (Å²) in [7, 11) is 0. The smallest absolute Gasteiger partial charge is 0.329 e. The zero-order valence-corrected chi connectivity index (χ0v) is 13.2. The molecule has 0 N–H and O–H groups in total. The largest absolute Gasteiger partial charge is 0.349 e. The molecule has 1 aliphatic heterocycles. The molecule has 122 valence electrons. The van der Waals surface area contributed by atoms with Crippen molar-refractivity contribution in [1.29, 1.82) is 5.26 Å². The molecule has 0 radical (unpaired) electrons. The molecular formula is C15H19N5O3. The van der Waals surface area contributed by atoms with Gasteiger partial charge in [0.2, 0.25) is 11.7 Å².